The van der Waals surface area contributed by atoms with Gasteiger partial charge in [-0.25, -0.2) is 15.0 Å². The fourth-order valence-corrected chi connectivity index (χ4v) is 5.37. The van der Waals surface area contributed by atoms with Crippen LogP contribution in [0.5, 0.6) is 0 Å². The zero-order valence-corrected chi connectivity index (χ0v) is 17.5. The van der Waals surface area contributed by atoms with Crippen LogP contribution in [-0.2, 0) is 19.3 Å². The summed E-state index contributed by atoms with van der Waals surface area (Å²) in [5, 5.41) is 4.83. The van der Waals surface area contributed by atoms with Crippen LogP contribution >= 0.6 is 11.3 Å². The monoisotopic (exact) mass is 383 g/mol. The number of thiophene rings is 1. The van der Waals surface area contributed by atoms with E-state index >= 15 is 0 Å². The predicted octanol–water partition coefficient (Wildman–Crippen LogP) is 4.43. The third-order valence-electron chi connectivity index (χ3n) is 5.76. The minimum Gasteiger partial charge on any atom is -0.367 e. The van der Waals surface area contributed by atoms with Crippen LogP contribution in [-0.4, -0.2) is 46.0 Å². The lowest BCUT2D eigenvalue weighted by Gasteiger charge is -2.19. The first-order chi connectivity index (χ1) is 13.3. The number of anilines is 1. The van der Waals surface area contributed by atoms with E-state index in [9.17, 15) is 0 Å². The zero-order chi connectivity index (χ0) is 18.8. The van der Waals surface area contributed by atoms with Crippen LogP contribution < -0.4 is 5.32 Å². The summed E-state index contributed by atoms with van der Waals surface area (Å²) in [4.78, 5) is 17.8. The van der Waals surface area contributed by atoms with Gasteiger partial charge in [0.15, 0.2) is 0 Å². The highest BCUT2D eigenvalue weighted by Crippen LogP contribution is 2.40. The number of pyridine rings is 1. The lowest BCUT2D eigenvalue weighted by atomic mass is 9.88. The highest BCUT2D eigenvalue weighted by molar-refractivity contribution is 7.26. The Morgan fingerprint density at radius 1 is 1.07 bits per heavy atom. The number of nitrogens with one attached hydrogen (secondary N) is 1. The summed E-state index contributed by atoms with van der Waals surface area (Å²) in [5.41, 5.74) is 5.36. The quantitative estimate of drug-likeness (QED) is 0.654. The predicted molar refractivity (Wildman–Crippen MR) is 115 cm³/mol. The van der Waals surface area contributed by atoms with E-state index in [2.05, 4.69) is 41.0 Å². The Morgan fingerprint density at radius 3 is 2.59 bits per heavy atom. The molecule has 0 aliphatic heterocycles. The fraction of sp³-hybridized carbons (Fsp3) is 0.571. The third-order valence-corrected chi connectivity index (χ3v) is 6.84. The fourth-order valence-electron chi connectivity index (χ4n) is 4.23. The molecule has 0 unspecified atom stereocenters. The first kappa shape index (κ1) is 18.6. The molecule has 0 atom stereocenters. The van der Waals surface area contributed by atoms with Crippen molar-refractivity contribution < 1.29 is 0 Å². The summed E-state index contributed by atoms with van der Waals surface area (Å²) in [6.07, 6.45) is 7.58. The molecule has 6 heteroatoms. The van der Waals surface area contributed by atoms with Crippen molar-refractivity contribution in [3.8, 4) is 0 Å². The van der Waals surface area contributed by atoms with Crippen molar-refractivity contribution >= 4 is 37.6 Å². The highest BCUT2D eigenvalue weighted by atomic mass is 32.1. The van der Waals surface area contributed by atoms with E-state index in [1.54, 1.807) is 17.7 Å². The number of likely N-dealkylation sites (N-methyl/N-ethyl adjacent to an activating group) is 1. The average molecular weight is 384 g/mol. The smallest absolute Gasteiger partial charge is 0.147 e. The normalized spacial score (nSPS) is 14.2. The molecule has 1 aliphatic rings. The van der Waals surface area contributed by atoms with Crippen LogP contribution in [0.15, 0.2) is 6.33 Å². The van der Waals surface area contributed by atoms with E-state index in [1.165, 1.54) is 41.5 Å². The van der Waals surface area contributed by atoms with E-state index in [0.717, 1.165) is 59.9 Å². The molecule has 5 nitrogen and oxygen atoms in total. The van der Waals surface area contributed by atoms with Gasteiger partial charge in [-0.2, -0.15) is 0 Å². The Morgan fingerprint density at radius 2 is 1.85 bits per heavy atom. The van der Waals surface area contributed by atoms with E-state index < -0.39 is 0 Å². The van der Waals surface area contributed by atoms with Crippen molar-refractivity contribution in [3.05, 3.63) is 23.1 Å². The zero-order valence-electron chi connectivity index (χ0n) is 16.6. The van der Waals surface area contributed by atoms with Crippen molar-refractivity contribution in [2.24, 2.45) is 0 Å². The molecule has 1 aliphatic carbocycles. The maximum Gasteiger partial charge on any atom is 0.147 e. The van der Waals surface area contributed by atoms with Crippen LogP contribution in [0.1, 0.15) is 50.4 Å². The van der Waals surface area contributed by atoms with E-state index in [1.807, 2.05) is 0 Å². The van der Waals surface area contributed by atoms with Crippen LogP contribution in [0.3, 0.4) is 0 Å². The molecule has 3 aromatic heterocycles. The van der Waals surface area contributed by atoms with Crippen LogP contribution in [0.2, 0.25) is 0 Å². The van der Waals surface area contributed by atoms with Gasteiger partial charge >= 0.3 is 0 Å². The van der Waals surface area contributed by atoms with Crippen molar-refractivity contribution in [1.82, 2.24) is 19.9 Å². The largest absolute Gasteiger partial charge is 0.367 e. The number of hydrogen-bond acceptors (Lipinski definition) is 6. The van der Waals surface area contributed by atoms with Gasteiger partial charge in [-0.3, -0.25) is 0 Å². The van der Waals surface area contributed by atoms with Gasteiger partial charge in [-0.05, 0) is 56.3 Å². The average Bonchev–Trinajstić information content (AvgIpc) is 3.10. The SMILES string of the molecule is CCc1nc2sc3c(NCCN(CC)CC)ncnc3c2c2c1CCCC2. The molecule has 0 radical (unpaired) electrons. The van der Waals surface area contributed by atoms with E-state index in [4.69, 9.17) is 4.98 Å². The maximum absolute atomic E-state index is 5.04. The Balaban J connectivity index is 1.75. The minimum absolute atomic E-state index is 0.897. The number of aryl methyl sites for hydroxylation is 2. The second-order valence-electron chi connectivity index (χ2n) is 7.21. The molecule has 4 rings (SSSR count). The number of hydrogen-bond donors (Lipinski definition) is 1. The molecular formula is C21H29N5S. The third kappa shape index (κ3) is 3.41. The summed E-state index contributed by atoms with van der Waals surface area (Å²) in [6, 6.07) is 0. The van der Waals surface area contributed by atoms with Crippen LogP contribution in [0.25, 0.3) is 20.4 Å². The topological polar surface area (TPSA) is 53.9 Å². The van der Waals surface area contributed by atoms with Crippen molar-refractivity contribution in [3.63, 3.8) is 0 Å². The first-order valence-corrected chi connectivity index (χ1v) is 11.1. The molecule has 0 saturated carbocycles. The van der Waals surface area contributed by atoms with Gasteiger partial charge in [-0.15, -0.1) is 11.3 Å². The second-order valence-corrected chi connectivity index (χ2v) is 8.21. The Bertz CT molecular complexity index is 945. The maximum atomic E-state index is 5.04. The molecular weight excluding hydrogens is 354 g/mol. The molecule has 3 heterocycles. The summed E-state index contributed by atoms with van der Waals surface area (Å²) < 4.78 is 1.15. The minimum atomic E-state index is 0.897. The van der Waals surface area contributed by atoms with Crippen LogP contribution in [0.4, 0.5) is 5.82 Å². The molecule has 144 valence electrons. The Hall–Kier alpha value is -1.79. The van der Waals surface area contributed by atoms with E-state index in [-0.39, 0.29) is 0 Å². The summed E-state index contributed by atoms with van der Waals surface area (Å²) in [7, 11) is 0. The molecule has 0 amide bonds. The number of rotatable bonds is 7. The molecule has 0 saturated heterocycles. The van der Waals surface area contributed by atoms with Gasteiger partial charge in [0.25, 0.3) is 0 Å². The van der Waals surface area contributed by atoms with Crippen molar-refractivity contribution in [2.45, 2.75) is 52.9 Å². The van der Waals surface area contributed by atoms with Gasteiger partial charge in [0.2, 0.25) is 0 Å². The van der Waals surface area contributed by atoms with E-state index in [0.29, 0.717) is 0 Å². The lowest BCUT2D eigenvalue weighted by Crippen LogP contribution is -2.28. The molecule has 0 fully saturated rings. The molecule has 3 aromatic rings. The standard InChI is InChI=1S/C21H29N5S/c1-4-16-14-9-7-8-10-15(14)17-18-19(27-21(17)25-16)20(24-13-23-18)22-11-12-26(5-2)6-3/h13H,4-12H2,1-3H3,(H,22,23,24). The molecule has 0 aromatic carbocycles. The summed E-state index contributed by atoms with van der Waals surface area (Å²) in [6.45, 7) is 10.7. The summed E-state index contributed by atoms with van der Waals surface area (Å²) >= 11 is 1.75. The number of nitrogens with zero attached hydrogens (tertiary/aromatic N) is 4. The molecule has 0 bridgehead atoms. The number of aromatic nitrogens is 3. The molecule has 1 N–H and O–H groups in total. The van der Waals surface area contributed by atoms with Gasteiger partial charge in [0.05, 0.1) is 10.2 Å². The molecule has 27 heavy (non-hydrogen) atoms. The Kier molecular flexibility index (Phi) is 5.55. The summed E-state index contributed by atoms with van der Waals surface area (Å²) in [5.74, 6) is 0.956. The highest BCUT2D eigenvalue weighted by Gasteiger charge is 2.22. The van der Waals surface area contributed by atoms with Gasteiger partial charge in [-0.1, -0.05) is 20.8 Å². The first-order valence-electron chi connectivity index (χ1n) is 10.3. The van der Waals surface area contributed by atoms with Gasteiger partial charge in [0, 0.05) is 24.2 Å². The Labute approximate surface area is 165 Å². The second kappa shape index (κ2) is 8.07. The van der Waals surface area contributed by atoms with Crippen molar-refractivity contribution in [1.29, 1.82) is 0 Å². The van der Waals surface area contributed by atoms with Gasteiger partial charge < -0.3 is 10.2 Å². The van der Waals surface area contributed by atoms with Gasteiger partial charge in [0.1, 0.15) is 17.0 Å². The van der Waals surface area contributed by atoms with Crippen LogP contribution in [0, 0.1) is 0 Å². The number of fused-ring (bicyclic) bond motifs is 5. The lowest BCUT2D eigenvalue weighted by molar-refractivity contribution is 0.316. The van der Waals surface area contributed by atoms with Crippen molar-refractivity contribution in [2.75, 3.05) is 31.5 Å². The molecule has 0 spiro atoms.